The van der Waals surface area contributed by atoms with E-state index in [1.807, 2.05) is 12.1 Å². The fraction of sp³-hybridized carbons (Fsp3) is 0.708. The van der Waals surface area contributed by atoms with Crippen molar-refractivity contribution in [3.63, 3.8) is 0 Å². The van der Waals surface area contributed by atoms with Crippen LogP contribution >= 0.6 is 0 Å². The minimum absolute atomic E-state index is 0.291. The number of hydrogen-bond acceptors (Lipinski definition) is 5. The van der Waals surface area contributed by atoms with Crippen LogP contribution in [-0.4, -0.2) is 58.2 Å². The average molecular weight is 434 g/mol. The van der Waals surface area contributed by atoms with E-state index in [2.05, 4.69) is 23.6 Å². The van der Waals surface area contributed by atoms with Crippen LogP contribution < -0.4 is 20.1 Å². The van der Waals surface area contributed by atoms with Crippen LogP contribution in [0.4, 0.5) is 0 Å². The summed E-state index contributed by atoms with van der Waals surface area (Å²) >= 11 is 0. The third-order valence-electron chi connectivity index (χ3n) is 5.67. The second-order valence-corrected chi connectivity index (χ2v) is 8.19. The molecule has 1 saturated carbocycles. The third-order valence-corrected chi connectivity index (χ3v) is 5.67. The molecule has 7 heteroatoms. The van der Waals surface area contributed by atoms with E-state index >= 15 is 0 Å². The van der Waals surface area contributed by atoms with Gasteiger partial charge in [-0.1, -0.05) is 6.07 Å². The summed E-state index contributed by atoms with van der Waals surface area (Å²) in [5.74, 6) is 2.42. The van der Waals surface area contributed by atoms with E-state index in [0.717, 1.165) is 81.4 Å². The van der Waals surface area contributed by atoms with Crippen molar-refractivity contribution < 1.29 is 18.9 Å². The molecule has 0 aromatic heterocycles. The minimum atomic E-state index is 0.291. The van der Waals surface area contributed by atoms with E-state index in [0.29, 0.717) is 25.4 Å². The predicted molar refractivity (Wildman–Crippen MR) is 123 cm³/mol. The summed E-state index contributed by atoms with van der Waals surface area (Å²) < 4.78 is 23.0. The maximum Gasteiger partial charge on any atom is 0.191 e. The highest BCUT2D eigenvalue weighted by molar-refractivity contribution is 5.79. The Morgan fingerprint density at radius 2 is 2.00 bits per heavy atom. The van der Waals surface area contributed by atoms with E-state index < -0.39 is 0 Å². The molecule has 7 nitrogen and oxygen atoms in total. The maximum absolute atomic E-state index is 6.20. The summed E-state index contributed by atoms with van der Waals surface area (Å²) in [6.07, 6.45) is 8.53. The molecule has 0 amide bonds. The number of rotatable bonds is 12. The first kappa shape index (κ1) is 23.7. The van der Waals surface area contributed by atoms with Crippen molar-refractivity contribution in [1.82, 2.24) is 10.6 Å². The van der Waals surface area contributed by atoms with Gasteiger partial charge in [0.05, 0.1) is 32.5 Å². The lowest BCUT2D eigenvalue weighted by Gasteiger charge is -2.17. The fourth-order valence-electron chi connectivity index (χ4n) is 3.98. The van der Waals surface area contributed by atoms with Gasteiger partial charge in [-0.05, 0) is 69.6 Å². The lowest BCUT2D eigenvalue weighted by Crippen LogP contribution is -2.38. The molecule has 1 aromatic rings. The molecule has 0 radical (unpaired) electrons. The molecule has 1 aliphatic heterocycles. The third kappa shape index (κ3) is 8.22. The van der Waals surface area contributed by atoms with Crippen LogP contribution in [0.2, 0.25) is 0 Å². The molecule has 1 atom stereocenters. The highest BCUT2D eigenvalue weighted by Crippen LogP contribution is 2.32. The van der Waals surface area contributed by atoms with Crippen LogP contribution in [0.15, 0.2) is 23.2 Å². The molecule has 3 rings (SSSR count). The molecule has 31 heavy (non-hydrogen) atoms. The van der Waals surface area contributed by atoms with Gasteiger partial charge in [0.25, 0.3) is 0 Å². The monoisotopic (exact) mass is 433 g/mol. The Bertz CT molecular complexity index is 671. The summed E-state index contributed by atoms with van der Waals surface area (Å²) in [4.78, 5) is 4.73. The Kier molecular flexibility index (Phi) is 10.3. The number of methoxy groups -OCH3 is 1. The first-order chi connectivity index (χ1) is 15.3. The van der Waals surface area contributed by atoms with E-state index in [9.17, 15) is 0 Å². The zero-order valence-corrected chi connectivity index (χ0v) is 19.2. The first-order valence-corrected chi connectivity index (χ1v) is 11.8. The number of aliphatic imine (C=N–C) groups is 1. The van der Waals surface area contributed by atoms with E-state index in [-0.39, 0.29) is 0 Å². The molecule has 1 aliphatic carbocycles. The Morgan fingerprint density at radius 1 is 1.13 bits per heavy atom. The Morgan fingerprint density at radius 3 is 2.74 bits per heavy atom. The van der Waals surface area contributed by atoms with Gasteiger partial charge in [-0.2, -0.15) is 0 Å². The molecule has 2 fully saturated rings. The summed E-state index contributed by atoms with van der Waals surface area (Å²) in [6, 6.07) is 6.08. The molecule has 1 aromatic carbocycles. The molecule has 1 saturated heterocycles. The summed E-state index contributed by atoms with van der Waals surface area (Å²) in [5.41, 5.74) is 1.10. The van der Waals surface area contributed by atoms with E-state index in [4.69, 9.17) is 23.9 Å². The van der Waals surface area contributed by atoms with Crippen molar-refractivity contribution in [2.24, 2.45) is 4.99 Å². The highest BCUT2D eigenvalue weighted by atomic mass is 16.5. The normalized spacial score (nSPS) is 19.5. The van der Waals surface area contributed by atoms with Gasteiger partial charge in [-0.25, -0.2) is 4.99 Å². The number of ether oxygens (including phenoxy) is 4. The largest absolute Gasteiger partial charge is 0.493 e. The van der Waals surface area contributed by atoms with Crippen molar-refractivity contribution in [3.05, 3.63) is 23.8 Å². The molecule has 1 heterocycles. The number of nitrogens with one attached hydrogen (secondary N) is 2. The highest BCUT2D eigenvalue weighted by Gasteiger charge is 2.18. The molecular weight excluding hydrogens is 394 g/mol. The molecule has 2 N–H and O–H groups in total. The lowest BCUT2D eigenvalue weighted by molar-refractivity contribution is 0.0168. The van der Waals surface area contributed by atoms with Crippen LogP contribution in [0.25, 0.3) is 0 Å². The molecule has 174 valence electrons. The van der Waals surface area contributed by atoms with Crippen molar-refractivity contribution in [2.45, 2.75) is 70.6 Å². The topological polar surface area (TPSA) is 73.3 Å². The van der Waals surface area contributed by atoms with Crippen molar-refractivity contribution in [1.29, 1.82) is 0 Å². The van der Waals surface area contributed by atoms with Crippen molar-refractivity contribution >= 4 is 5.96 Å². The standard InChI is InChI=1S/C24H39N3O4/c1-3-25-24(26-13-7-14-29-18-21-10-6-15-30-21)27-17-19-11-12-22(28-2)23(16-19)31-20-8-4-5-9-20/h11-12,16,20-21H,3-10,13-15,17-18H2,1-2H3,(H2,25,26,27). The number of guanidine groups is 1. The van der Waals surface area contributed by atoms with Crippen LogP contribution in [-0.2, 0) is 16.0 Å². The molecule has 0 spiro atoms. The van der Waals surface area contributed by atoms with Crippen LogP contribution in [0.3, 0.4) is 0 Å². The molecule has 0 bridgehead atoms. The van der Waals surface area contributed by atoms with Gasteiger partial charge < -0.3 is 29.6 Å². The van der Waals surface area contributed by atoms with Gasteiger partial charge in [-0.3, -0.25) is 0 Å². The second kappa shape index (κ2) is 13.4. The average Bonchev–Trinajstić information content (AvgIpc) is 3.49. The Balaban J connectivity index is 1.44. The summed E-state index contributed by atoms with van der Waals surface area (Å²) in [5, 5.41) is 6.69. The Labute approximate surface area is 186 Å². The molecule has 1 unspecified atom stereocenters. The maximum atomic E-state index is 6.20. The zero-order valence-electron chi connectivity index (χ0n) is 19.2. The molecular formula is C24H39N3O4. The van der Waals surface area contributed by atoms with Gasteiger partial charge in [0.15, 0.2) is 17.5 Å². The Hall–Kier alpha value is -1.99. The van der Waals surface area contributed by atoms with Crippen molar-refractivity contribution in [2.75, 3.05) is 40.0 Å². The van der Waals surface area contributed by atoms with E-state index in [1.54, 1.807) is 7.11 Å². The first-order valence-electron chi connectivity index (χ1n) is 11.8. The quantitative estimate of drug-likeness (QED) is 0.298. The number of benzene rings is 1. The zero-order chi connectivity index (χ0) is 21.7. The van der Waals surface area contributed by atoms with Gasteiger partial charge in [-0.15, -0.1) is 0 Å². The smallest absolute Gasteiger partial charge is 0.191 e. The lowest BCUT2D eigenvalue weighted by atomic mass is 10.2. The van der Waals surface area contributed by atoms with Crippen LogP contribution in [0, 0.1) is 0 Å². The summed E-state index contributed by atoms with van der Waals surface area (Å²) in [6.45, 7) is 6.60. The fourth-order valence-corrected chi connectivity index (χ4v) is 3.98. The minimum Gasteiger partial charge on any atom is -0.493 e. The summed E-state index contributed by atoms with van der Waals surface area (Å²) in [7, 11) is 1.69. The van der Waals surface area contributed by atoms with Gasteiger partial charge in [0, 0.05) is 26.3 Å². The van der Waals surface area contributed by atoms with Gasteiger partial charge in [0.1, 0.15) is 0 Å². The second-order valence-electron chi connectivity index (χ2n) is 8.19. The SMILES string of the molecule is CCNC(=NCc1ccc(OC)c(OC2CCCC2)c1)NCCCOCC1CCCO1. The van der Waals surface area contributed by atoms with E-state index in [1.165, 1.54) is 12.8 Å². The molecule has 2 aliphatic rings. The number of hydrogen-bond donors (Lipinski definition) is 2. The predicted octanol–water partition coefficient (Wildman–Crippen LogP) is 3.66. The van der Waals surface area contributed by atoms with Crippen molar-refractivity contribution in [3.8, 4) is 11.5 Å². The number of nitrogens with zero attached hydrogens (tertiary/aromatic N) is 1. The van der Waals surface area contributed by atoms with Gasteiger partial charge in [0.2, 0.25) is 0 Å². The van der Waals surface area contributed by atoms with Crippen LogP contribution in [0.5, 0.6) is 11.5 Å². The van der Waals surface area contributed by atoms with Gasteiger partial charge >= 0.3 is 0 Å². The van der Waals surface area contributed by atoms with Crippen LogP contribution in [0.1, 0.15) is 57.4 Å².